The molecule has 0 aliphatic carbocycles. The molecule has 2 heterocycles. The van der Waals surface area contributed by atoms with E-state index in [2.05, 4.69) is 0 Å². The predicted molar refractivity (Wildman–Crippen MR) is 114 cm³/mol. The van der Waals surface area contributed by atoms with E-state index in [0.717, 1.165) is 28.0 Å². The molecule has 0 bridgehead atoms. The van der Waals surface area contributed by atoms with Crippen LogP contribution in [0.4, 0.5) is 4.39 Å². The monoisotopic (exact) mass is 406 g/mol. The number of fused-ring (bicyclic) bond motifs is 1. The van der Waals surface area contributed by atoms with E-state index in [1.165, 1.54) is 12.1 Å². The molecule has 0 aliphatic heterocycles. The first-order valence-electron chi connectivity index (χ1n) is 9.77. The summed E-state index contributed by atoms with van der Waals surface area (Å²) >= 11 is 0. The molecule has 0 amide bonds. The van der Waals surface area contributed by atoms with Crippen LogP contribution >= 0.6 is 0 Å². The van der Waals surface area contributed by atoms with E-state index in [0.29, 0.717) is 12.2 Å². The van der Waals surface area contributed by atoms with Gasteiger partial charge in [-0.2, -0.15) is 0 Å². The van der Waals surface area contributed by atoms with Crippen molar-refractivity contribution in [2.45, 2.75) is 26.5 Å². The Morgan fingerprint density at radius 3 is 2.47 bits per heavy atom. The molecule has 30 heavy (non-hydrogen) atoms. The molecule has 5 nitrogen and oxygen atoms in total. The third-order valence-electron chi connectivity index (χ3n) is 4.94. The number of aromatic nitrogens is 2. The third kappa shape index (κ3) is 3.68. The van der Waals surface area contributed by atoms with Crippen molar-refractivity contribution in [3.8, 4) is 11.4 Å². The van der Waals surface area contributed by atoms with E-state index in [1.807, 2.05) is 65.6 Å². The molecule has 4 aromatic rings. The van der Waals surface area contributed by atoms with Gasteiger partial charge in [-0.1, -0.05) is 18.2 Å². The lowest BCUT2D eigenvalue weighted by molar-refractivity contribution is 0.0366. The fourth-order valence-electron chi connectivity index (χ4n) is 3.59. The molecule has 0 aliphatic rings. The lowest BCUT2D eigenvalue weighted by Gasteiger charge is -2.14. The first-order valence-corrected chi connectivity index (χ1v) is 9.77. The zero-order valence-corrected chi connectivity index (χ0v) is 17.1. The first-order chi connectivity index (χ1) is 14.5. The smallest absolute Gasteiger partial charge is 0.355 e. The van der Waals surface area contributed by atoms with Gasteiger partial charge in [0, 0.05) is 17.4 Å². The maximum absolute atomic E-state index is 13.4. The largest absolute Gasteiger partial charge is 0.496 e. The van der Waals surface area contributed by atoms with Crippen LogP contribution in [0.3, 0.4) is 0 Å². The maximum Gasteiger partial charge on any atom is 0.355 e. The number of ether oxygens (including phenoxy) is 2. The van der Waals surface area contributed by atoms with Gasteiger partial charge in [0.2, 0.25) is 0 Å². The summed E-state index contributed by atoms with van der Waals surface area (Å²) in [6, 6.07) is 17.7. The highest BCUT2D eigenvalue weighted by molar-refractivity contribution is 5.95. The molecule has 0 unspecified atom stereocenters. The average molecular weight is 406 g/mol. The van der Waals surface area contributed by atoms with E-state index >= 15 is 0 Å². The zero-order valence-electron chi connectivity index (χ0n) is 17.1. The summed E-state index contributed by atoms with van der Waals surface area (Å²) in [5.41, 5.74) is 3.93. The second kappa shape index (κ2) is 8.06. The third-order valence-corrected chi connectivity index (χ3v) is 4.94. The van der Waals surface area contributed by atoms with Crippen LogP contribution in [0.5, 0.6) is 5.75 Å². The summed E-state index contributed by atoms with van der Waals surface area (Å²) in [5.74, 6) is 0.0688. The number of rotatable bonds is 6. The summed E-state index contributed by atoms with van der Waals surface area (Å²) in [4.78, 5) is 12.8. The molecular formula is C24H23FN2O3. The highest BCUT2D eigenvalue weighted by atomic mass is 19.1. The van der Waals surface area contributed by atoms with Gasteiger partial charge in [-0.25, -0.2) is 9.18 Å². The summed E-state index contributed by atoms with van der Waals surface area (Å²) in [5, 5.41) is 0. The zero-order chi connectivity index (χ0) is 21.3. The van der Waals surface area contributed by atoms with Gasteiger partial charge < -0.3 is 18.6 Å². The van der Waals surface area contributed by atoms with E-state index in [-0.39, 0.29) is 17.9 Å². The standard InChI is InChI=1S/C24H23FN2O3/c1-16(2)30-24(28)22-14-21-20(12-13-26(21)19-10-8-18(25)9-11-19)27(22)15-17-6-4-5-7-23(17)29-3/h4-14,16H,15H2,1-3H3. The topological polar surface area (TPSA) is 45.4 Å². The van der Waals surface area contributed by atoms with Crippen molar-refractivity contribution in [3.05, 3.63) is 83.9 Å². The number of esters is 1. The molecule has 0 radical (unpaired) electrons. The minimum absolute atomic E-state index is 0.231. The SMILES string of the molecule is COc1ccccc1Cn1c(C(=O)OC(C)C)cc2c1ccn2-c1ccc(F)cc1. The number of benzene rings is 2. The molecule has 0 spiro atoms. The van der Waals surface area contributed by atoms with E-state index in [4.69, 9.17) is 9.47 Å². The Labute approximate surface area is 174 Å². The first kappa shape index (κ1) is 19.8. The highest BCUT2D eigenvalue weighted by Gasteiger charge is 2.21. The van der Waals surface area contributed by atoms with Crippen LogP contribution in [0.2, 0.25) is 0 Å². The van der Waals surface area contributed by atoms with Crippen LogP contribution in [0.15, 0.2) is 66.9 Å². The summed E-state index contributed by atoms with van der Waals surface area (Å²) in [7, 11) is 1.63. The van der Waals surface area contributed by atoms with Gasteiger partial charge in [-0.15, -0.1) is 0 Å². The van der Waals surface area contributed by atoms with Crippen LogP contribution in [0, 0.1) is 5.82 Å². The second-order valence-electron chi connectivity index (χ2n) is 7.31. The van der Waals surface area contributed by atoms with Crippen LogP contribution in [0.25, 0.3) is 16.7 Å². The Balaban J connectivity index is 1.85. The molecule has 0 N–H and O–H groups in total. The highest BCUT2D eigenvalue weighted by Crippen LogP contribution is 2.28. The average Bonchev–Trinajstić information content (AvgIpc) is 3.29. The van der Waals surface area contributed by atoms with Gasteiger partial charge in [0.1, 0.15) is 17.3 Å². The van der Waals surface area contributed by atoms with Gasteiger partial charge in [0.25, 0.3) is 0 Å². The molecule has 6 heteroatoms. The number of hydrogen-bond acceptors (Lipinski definition) is 3. The van der Waals surface area contributed by atoms with Crippen molar-refractivity contribution >= 4 is 17.0 Å². The molecular weight excluding hydrogens is 383 g/mol. The normalized spacial score (nSPS) is 11.2. The summed E-state index contributed by atoms with van der Waals surface area (Å²) < 4.78 is 28.2. The second-order valence-corrected chi connectivity index (χ2v) is 7.31. The van der Waals surface area contributed by atoms with Gasteiger partial charge in [0.15, 0.2) is 0 Å². The minimum Gasteiger partial charge on any atom is -0.496 e. The molecule has 2 aromatic carbocycles. The Bertz CT molecular complexity index is 1190. The molecule has 4 rings (SSSR count). The summed E-state index contributed by atoms with van der Waals surface area (Å²) in [6.07, 6.45) is 1.68. The van der Waals surface area contributed by atoms with Crippen molar-refractivity contribution in [3.63, 3.8) is 0 Å². The van der Waals surface area contributed by atoms with Crippen molar-refractivity contribution in [2.24, 2.45) is 0 Å². The number of carbonyl (C=O) groups excluding carboxylic acids is 1. The van der Waals surface area contributed by atoms with E-state index < -0.39 is 0 Å². The van der Waals surface area contributed by atoms with Crippen molar-refractivity contribution in [1.82, 2.24) is 9.13 Å². The Morgan fingerprint density at radius 2 is 1.77 bits per heavy atom. The van der Waals surface area contributed by atoms with Crippen molar-refractivity contribution in [2.75, 3.05) is 7.11 Å². The van der Waals surface area contributed by atoms with Crippen LogP contribution in [0.1, 0.15) is 29.9 Å². The summed E-state index contributed by atoms with van der Waals surface area (Å²) in [6.45, 7) is 4.09. The molecule has 0 atom stereocenters. The van der Waals surface area contributed by atoms with Crippen LogP contribution in [-0.2, 0) is 11.3 Å². The lowest BCUT2D eigenvalue weighted by atomic mass is 10.2. The number of carbonyl (C=O) groups is 1. The molecule has 0 saturated carbocycles. The minimum atomic E-state index is -0.387. The number of para-hydroxylation sites is 1. The molecule has 154 valence electrons. The fraction of sp³-hybridized carbons (Fsp3) is 0.208. The lowest BCUT2D eigenvalue weighted by Crippen LogP contribution is -2.16. The van der Waals surface area contributed by atoms with Crippen LogP contribution in [-0.4, -0.2) is 28.3 Å². The number of halogens is 1. The number of nitrogens with zero attached hydrogens (tertiary/aromatic N) is 2. The van der Waals surface area contributed by atoms with E-state index in [9.17, 15) is 9.18 Å². The maximum atomic E-state index is 13.4. The molecule has 0 fully saturated rings. The Morgan fingerprint density at radius 1 is 1.03 bits per heavy atom. The van der Waals surface area contributed by atoms with Crippen LogP contribution < -0.4 is 4.74 Å². The van der Waals surface area contributed by atoms with Gasteiger partial charge >= 0.3 is 5.97 Å². The predicted octanol–water partition coefficient (Wildman–Crippen LogP) is 5.19. The Kier molecular flexibility index (Phi) is 5.31. The van der Waals surface area contributed by atoms with Gasteiger partial charge in [-0.3, -0.25) is 0 Å². The van der Waals surface area contributed by atoms with Crippen molar-refractivity contribution in [1.29, 1.82) is 0 Å². The van der Waals surface area contributed by atoms with Gasteiger partial charge in [-0.05, 0) is 56.3 Å². The Hall–Kier alpha value is -3.54. The van der Waals surface area contributed by atoms with E-state index in [1.54, 1.807) is 19.2 Å². The number of methoxy groups -OCH3 is 1. The molecule has 2 aromatic heterocycles. The van der Waals surface area contributed by atoms with Crippen molar-refractivity contribution < 1.29 is 18.7 Å². The quantitative estimate of drug-likeness (QED) is 0.414. The number of hydrogen-bond donors (Lipinski definition) is 0. The molecule has 0 saturated heterocycles. The van der Waals surface area contributed by atoms with Gasteiger partial charge in [0.05, 0.1) is 30.8 Å². The fourth-order valence-corrected chi connectivity index (χ4v) is 3.59.